The second-order valence-corrected chi connectivity index (χ2v) is 6.54. The summed E-state index contributed by atoms with van der Waals surface area (Å²) in [6.07, 6.45) is 19.7. The van der Waals surface area contributed by atoms with Gasteiger partial charge in [-0.3, -0.25) is 14.8 Å². The van der Waals surface area contributed by atoms with Crippen molar-refractivity contribution in [3.05, 3.63) is 90.6 Å². The third-order valence-electron chi connectivity index (χ3n) is 4.52. The number of carbonyl (C=O) groups excluding carboxylic acids is 1. The van der Waals surface area contributed by atoms with Gasteiger partial charge in [0.05, 0.1) is 12.1 Å². The van der Waals surface area contributed by atoms with Crippen LogP contribution in [0, 0.1) is 0 Å². The summed E-state index contributed by atoms with van der Waals surface area (Å²) in [5.41, 5.74) is 7.81. The number of aromatic nitrogens is 1. The lowest BCUT2D eigenvalue weighted by Gasteiger charge is -2.18. The largest absolute Gasteiger partial charge is 0.484 e. The summed E-state index contributed by atoms with van der Waals surface area (Å²) in [7, 11) is 0. The number of rotatable bonds is 1. The Morgan fingerprint density at radius 2 is 2.00 bits per heavy atom. The molecule has 6 heteroatoms. The fraction of sp³-hybridized carbons (Fsp3) is 0.0870. The zero-order valence-electron chi connectivity index (χ0n) is 15.7. The Bertz CT molecular complexity index is 1110. The van der Waals surface area contributed by atoms with Crippen LogP contribution in [-0.4, -0.2) is 34.7 Å². The van der Waals surface area contributed by atoms with Gasteiger partial charge in [-0.05, 0) is 35.9 Å². The summed E-state index contributed by atoms with van der Waals surface area (Å²) in [6.45, 7) is 0.465. The average molecular weight is 384 g/mol. The number of aliphatic imine (C=N–C) groups is 1. The van der Waals surface area contributed by atoms with Crippen molar-refractivity contribution in [3.63, 3.8) is 0 Å². The zero-order chi connectivity index (χ0) is 20.1. The molecule has 0 unspecified atom stereocenters. The molecule has 1 aromatic carbocycles. The first-order valence-corrected chi connectivity index (χ1v) is 9.24. The summed E-state index contributed by atoms with van der Waals surface area (Å²) >= 11 is 0. The number of ether oxygens (including phenoxy) is 1. The normalized spacial score (nSPS) is 18.6. The highest BCUT2D eigenvalue weighted by Crippen LogP contribution is 2.28. The van der Waals surface area contributed by atoms with E-state index in [1.807, 2.05) is 60.7 Å². The first kappa shape index (κ1) is 18.4. The smallest absolute Gasteiger partial charge is 0.265 e. The first-order chi connectivity index (χ1) is 14.2. The Morgan fingerprint density at radius 3 is 2.90 bits per heavy atom. The maximum Gasteiger partial charge on any atom is 0.265 e. The van der Waals surface area contributed by atoms with Gasteiger partial charge < -0.3 is 15.4 Å². The summed E-state index contributed by atoms with van der Waals surface area (Å²) in [5, 5.41) is 0.909. The second kappa shape index (κ2) is 8.39. The van der Waals surface area contributed by atoms with E-state index < -0.39 is 5.91 Å². The summed E-state index contributed by atoms with van der Waals surface area (Å²) < 4.78 is 6.21. The van der Waals surface area contributed by atoms with E-state index >= 15 is 0 Å². The number of nitrogens with zero attached hydrogens (tertiary/aromatic N) is 3. The van der Waals surface area contributed by atoms with Crippen molar-refractivity contribution in [1.82, 2.24) is 9.88 Å². The minimum atomic E-state index is -0.507. The molecule has 6 nitrogen and oxygen atoms in total. The van der Waals surface area contributed by atoms with Crippen LogP contribution in [0.4, 0.5) is 0 Å². The van der Waals surface area contributed by atoms with Crippen LogP contribution in [0.25, 0.3) is 17.0 Å². The lowest BCUT2D eigenvalue weighted by atomic mass is 10.1. The first-order valence-electron chi connectivity index (χ1n) is 9.24. The van der Waals surface area contributed by atoms with Crippen molar-refractivity contribution in [2.24, 2.45) is 10.7 Å². The molecule has 1 amide bonds. The van der Waals surface area contributed by atoms with Crippen molar-refractivity contribution in [1.29, 1.82) is 0 Å². The number of amides is 1. The van der Waals surface area contributed by atoms with Crippen molar-refractivity contribution in [2.45, 2.75) is 6.10 Å². The molecule has 2 aliphatic heterocycles. The van der Waals surface area contributed by atoms with Crippen LogP contribution in [-0.2, 0) is 4.79 Å². The Hall–Kier alpha value is -3.93. The van der Waals surface area contributed by atoms with Gasteiger partial charge in [-0.1, -0.05) is 36.4 Å². The molecule has 144 valence electrons. The van der Waals surface area contributed by atoms with Crippen molar-refractivity contribution in [2.75, 3.05) is 6.54 Å². The molecular formula is C23H20N4O2. The van der Waals surface area contributed by atoms with Crippen LogP contribution in [0.3, 0.4) is 0 Å². The minimum absolute atomic E-state index is 0.322. The minimum Gasteiger partial charge on any atom is -0.484 e. The van der Waals surface area contributed by atoms with Gasteiger partial charge in [-0.15, -0.1) is 0 Å². The topological polar surface area (TPSA) is 80.8 Å². The van der Waals surface area contributed by atoms with Crippen molar-refractivity contribution >= 4 is 29.1 Å². The van der Waals surface area contributed by atoms with Crippen LogP contribution in [0.1, 0.15) is 5.56 Å². The molecule has 1 atom stereocenters. The van der Waals surface area contributed by atoms with Crippen LogP contribution in [0.15, 0.2) is 90.0 Å². The van der Waals surface area contributed by atoms with Gasteiger partial charge in [0, 0.05) is 30.2 Å². The number of nitrogens with two attached hydrogens (primary N) is 1. The molecule has 2 N–H and O–H groups in total. The molecule has 2 aliphatic rings. The molecule has 0 aliphatic carbocycles. The molecule has 3 heterocycles. The fourth-order valence-electron chi connectivity index (χ4n) is 3.19. The van der Waals surface area contributed by atoms with Gasteiger partial charge in [-0.25, -0.2) is 0 Å². The molecule has 1 aromatic heterocycles. The van der Waals surface area contributed by atoms with Gasteiger partial charge in [0.2, 0.25) is 0 Å². The number of carbonyl (C=O) groups is 1. The number of benzene rings is 1. The lowest BCUT2D eigenvalue weighted by Crippen LogP contribution is -2.27. The monoisotopic (exact) mass is 384 g/mol. The maximum absolute atomic E-state index is 11.8. The summed E-state index contributed by atoms with van der Waals surface area (Å²) in [4.78, 5) is 22.2. The molecule has 0 spiro atoms. The third-order valence-corrected chi connectivity index (χ3v) is 4.52. The molecule has 0 fully saturated rings. The second-order valence-electron chi connectivity index (χ2n) is 6.54. The predicted molar refractivity (Wildman–Crippen MR) is 115 cm³/mol. The van der Waals surface area contributed by atoms with E-state index in [0.717, 1.165) is 16.5 Å². The van der Waals surface area contributed by atoms with Crippen molar-refractivity contribution in [3.8, 4) is 5.75 Å². The van der Waals surface area contributed by atoms with Gasteiger partial charge in [-0.2, -0.15) is 0 Å². The molecule has 4 rings (SSSR count). The quantitative estimate of drug-likeness (QED) is 0.818. The highest BCUT2D eigenvalue weighted by atomic mass is 16.5. The number of fused-ring (bicyclic) bond motifs is 3. The molecule has 0 radical (unpaired) electrons. The van der Waals surface area contributed by atoms with Gasteiger partial charge >= 0.3 is 0 Å². The van der Waals surface area contributed by atoms with Crippen LogP contribution in [0.5, 0.6) is 5.75 Å². The Labute approximate surface area is 168 Å². The van der Waals surface area contributed by atoms with E-state index in [9.17, 15) is 4.79 Å². The molecule has 2 aromatic rings. The summed E-state index contributed by atoms with van der Waals surface area (Å²) in [5.74, 6) is 0.200. The predicted octanol–water partition coefficient (Wildman–Crippen LogP) is 3.35. The Morgan fingerprint density at radius 1 is 1.14 bits per heavy atom. The van der Waals surface area contributed by atoms with Gasteiger partial charge in [0.1, 0.15) is 17.6 Å². The fourth-order valence-corrected chi connectivity index (χ4v) is 3.19. The number of allylic oxidation sites excluding steroid dienone is 5. The van der Waals surface area contributed by atoms with Crippen molar-refractivity contribution < 1.29 is 9.53 Å². The van der Waals surface area contributed by atoms with Gasteiger partial charge in [0.15, 0.2) is 0 Å². The van der Waals surface area contributed by atoms with E-state index in [1.165, 1.54) is 0 Å². The standard InChI is InChI=1S/C23H20N4O2/c24-23(28)21-15-18-16-27(21)13-12-25-10-5-3-1-2-4-6-17-7-8-20-19(14-17)22(29-18)9-11-26-20/h1-15,18H,16H2,(H2,24,28)/t18-/m1/s1. The molecule has 0 saturated heterocycles. The average Bonchev–Trinajstić information content (AvgIpc) is 3.12. The molecular weight excluding hydrogens is 364 g/mol. The number of pyridine rings is 1. The van der Waals surface area contributed by atoms with E-state index in [1.54, 1.807) is 35.8 Å². The molecule has 29 heavy (non-hydrogen) atoms. The highest BCUT2D eigenvalue weighted by molar-refractivity contribution is 5.92. The van der Waals surface area contributed by atoms with Gasteiger partial charge in [0.25, 0.3) is 5.91 Å². The Balaban J connectivity index is 1.76. The third kappa shape index (κ3) is 4.32. The van der Waals surface area contributed by atoms with E-state index in [2.05, 4.69) is 9.98 Å². The van der Waals surface area contributed by atoms with E-state index in [-0.39, 0.29) is 6.10 Å². The highest BCUT2D eigenvalue weighted by Gasteiger charge is 2.27. The van der Waals surface area contributed by atoms with E-state index in [0.29, 0.717) is 18.0 Å². The van der Waals surface area contributed by atoms with Crippen LogP contribution in [0.2, 0.25) is 0 Å². The van der Waals surface area contributed by atoms with E-state index in [4.69, 9.17) is 10.5 Å². The van der Waals surface area contributed by atoms with Crippen LogP contribution < -0.4 is 10.5 Å². The lowest BCUT2D eigenvalue weighted by molar-refractivity contribution is -0.115. The SMILES string of the molecule is NC(=O)C1=C[C@@H]2CN1C=CN=CC=CC=CC=Cc1ccc3nccc(c3c1)O2. The zero-order valence-corrected chi connectivity index (χ0v) is 15.7. The maximum atomic E-state index is 11.8. The van der Waals surface area contributed by atoms with Crippen LogP contribution >= 0.6 is 0 Å². The number of hydrogen-bond acceptors (Lipinski definition) is 5. The Kier molecular flexibility index (Phi) is 5.33. The number of primary amides is 1. The molecule has 0 saturated carbocycles. The number of hydrogen-bond donors (Lipinski definition) is 1. The molecule has 4 bridgehead atoms. The summed E-state index contributed by atoms with van der Waals surface area (Å²) in [6, 6.07) is 7.85.